The van der Waals surface area contributed by atoms with Crippen molar-refractivity contribution in [1.82, 2.24) is 0 Å². The number of hydrogen-bond donors (Lipinski definition) is 0. The summed E-state index contributed by atoms with van der Waals surface area (Å²) in [6.07, 6.45) is 6.62. The number of ether oxygens (including phenoxy) is 1. The van der Waals surface area contributed by atoms with Gasteiger partial charge >= 0.3 is 0 Å². The van der Waals surface area contributed by atoms with Crippen LogP contribution in [0.4, 0.5) is 0 Å². The minimum atomic E-state index is 0.649. The Hall–Kier alpha value is 0.440. The van der Waals surface area contributed by atoms with Crippen LogP contribution in [0.5, 0.6) is 0 Å². The normalized spacial score (nSPS) is 13.2. The average Bonchev–Trinajstić information content (AvgIpc) is 2.16. The third kappa shape index (κ3) is 10.4. The van der Waals surface area contributed by atoms with E-state index in [2.05, 4.69) is 29.8 Å². The fourth-order valence-corrected chi connectivity index (χ4v) is 1.32. The van der Waals surface area contributed by atoms with Gasteiger partial charge in [0.05, 0.1) is 0 Å². The summed E-state index contributed by atoms with van der Waals surface area (Å²) < 4.78 is 5.54. The maximum atomic E-state index is 5.54. The van der Waals surface area contributed by atoms with Crippen LogP contribution in [-0.4, -0.2) is 18.5 Å². The van der Waals surface area contributed by atoms with Gasteiger partial charge in [0.25, 0.3) is 0 Å². The SMILES string of the molecule is CCCCCCCOCC(C)CBr. The van der Waals surface area contributed by atoms with Crippen LogP contribution < -0.4 is 0 Å². The highest BCUT2D eigenvalue weighted by atomic mass is 79.9. The summed E-state index contributed by atoms with van der Waals surface area (Å²) in [5.41, 5.74) is 0. The van der Waals surface area contributed by atoms with E-state index in [9.17, 15) is 0 Å². The Labute approximate surface area is 91.4 Å². The summed E-state index contributed by atoms with van der Waals surface area (Å²) in [4.78, 5) is 0. The van der Waals surface area contributed by atoms with Gasteiger partial charge in [-0.3, -0.25) is 0 Å². The molecule has 0 fully saturated rings. The van der Waals surface area contributed by atoms with Gasteiger partial charge in [0.2, 0.25) is 0 Å². The third-order valence-electron chi connectivity index (χ3n) is 2.06. The predicted octanol–water partition coefficient (Wildman–Crippen LogP) is 4.00. The van der Waals surface area contributed by atoms with Crippen LogP contribution in [0.25, 0.3) is 0 Å². The van der Waals surface area contributed by atoms with Gasteiger partial charge in [0, 0.05) is 18.5 Å². The number of unbranched alkanes of at least 4 members (excludes halogenated alkanes) is 4. The van der Waals surface area contributed by atoms with E-state index in [0.29, 0.717) is 5.92 Å². The van der Waals surface area contributed by atoms with Gasteiger partial charge in [-0.05, 0) is 12.3 Å². The molecule has 0 saturated heterocycles. The smallest absolute Gasteiger partial charge is 0.0499 e. The first kappa shape index (κ1) is 13.4. The summed E-state index contributed by atoms with van der Waals surface area (Å²) in [5, 5.41) is 1.04. The van der Waals surface area contributed by atoms with Crippen molar-refractivity contribution in [1.29, 1.82) is 0 Å². The Bertz CT molecular complexity index is 96.1. The maximum absolute atomic E-state index is 5.54. The second-order valence-electron chi connectivity index (χ2n) is 3.75. The van der Waals surface area contributed by atoms with E-state index < -0.39 is 0 Å². The quantitative estimate of drug-likeness (QED) is 0.444. The zero-order valence-electron chi connectivity index (χ0n) is 9.02. The molecule has 0 amide bonds. The van der Waals surface area contributed by atoms with E-state index in [1.54, 1.807) is 0 Å². The van der Waals surface area contributed by atoms with E-state index in [4.69, 9.17) is 4.74 Å². The van der Waals surface area contributed by atoms with Gasteiger partial charge in [-0.2, -0.15) is 0 Å². The Morgan fingerprint density at radius 2 is 1.85 bits per heavy atom. The minimum Gasteiger partial charge on any atom is -0.381 e. The van der Waals surface area contributed by atoms with Crippen LogP contribution in [0.3, 0.4) is 0 Å². The monoisotopic (exact) mass is 250 g/mol. The van der Waals surface area contributed by atoms with Crippen LogP contribution in [0, 0.1) is 5.92 Å². The van der Waals surface area contributed by atoms with Crippen LogP contribution >= 0.6 is 15.9 Å². The molecule has 0 bridgehead atoms. The van der Waals surface area contributed by atoms with Crippen LogP contribution in [0.15, 0.2) is 0 Å². The predicted molar refractivity (Wildman–Crippen MR) is 62.5 cm³/mol. The van der Waals surface area contributed by atoms with Gasteiger partial charge in [-0.25, -0.2) is 0 Å². The summed E-state index contributed by atoms with van der Waals surface area (Å²) in [5.74, 6) is 0.649. The van der Waals surface area contributed by atoms with Gasteiger partial charge in [0.1, 0.15) is 0 Å². The van der Waals surface area contributed by atoms with Crippen molar-refractivity contribution in [3.8, 4) is 0 Å². The third-order valence-corrected chi connectivity index (χ3v) is 3.16. The first-order valence-corrected chi connectivity index (χ1v) is 6.57. The molecule has 0 aliphatic carbocycles. The van der Waals surface area contributed by atoms with E-state index >= 15 is 0 Å². The van der Waals surface area contributed by atoms with Crippen LogP contribution in [0.2, 0.25) is 0 Å². The molecule has 0 heterocycles. The molecule has 0 aliphatic heterocycles. The molecule has 2 heteroatoms. The number of rotatable bonds is 9. The second kappa shape index (κ2) is 10.5. The van der Waals surface area contributed by atoms with Crippen molar-refractivity contribution in [2.45, 2.75) is 46.0 Å². The molecule has 0 spiro atoms. The molecule has 80 valence electrons. The molecule has 0 aromatic carbocycles. The molecule has 0 aliphatic rings. The molecule has 1 unspecified atom stereocenters. The van der Waals surface area contributed by atoms with Crippen LogP contribution in [-0.2, 0) is 4.74 Å². The molecule has 0 aromatic heterocycles. The van der Waals surface area contributed by atoms with Crippen molar-refractivity contribution in [3.63, 3.8) is 0 Å². The average molecular weight is 251 g/mol. The Morgan fingerprint density at radius 1 is 1.15 bits per heavy atom. The molecule has 0 saturated carbocycles. The van der Waals surface area contributed by atoms with E-state index in [1.807, 2.05) is 0 Å². The highest BCUT2D eigenvalue weighted by molar-refractivity contribution is 9.09. The van der Waals surface area contributed by atoms with E-state index in [-0.39, 0.29) is 0 Å². The molecule has 1 atom stereocenters. The lowest BCUT2D eigenvalue weighted by molar-refractivity contribution is 0.108. The summed E-state index contributed by atoms with van der Waals surface area (Å²) in [6.45, 7) is 6.29. The molecule has 0 rings (SSSR count). The highest BCUT2D eigenvalue weighted by Gasteiger charge is 1.98. The van der Waals surface area contributed by atoms with Gasteiger partial charge < -0.3 is 4.74 Å². The second-order valence-corrected chi connectivity index (χ2v) is 4.40. The molecular formula is C11H23BrO. The molecule has 1 nitrogen and oxygen atoms in total. The van der Waals surface area contributed by atoms with E-state index in [1.165, 1.54) is 32.1 Å². The molecule has 0 aromatic rings. The highest BCUT2D eigenvalue weighted by Crippen LogP contribution is 2.04. The summed E-state index contributed by atoms with van der Waals surface area (Å²) in [7, 11) is 0. The summed E-state index contributed by atoms with van der Waals surface area (Å²) >= 11 is 3.44. The van der Waals surface area contributed by atoms with Crippen molar-refractivity contribution in [2.24, 2.45) is 5.92 Å². The number of alkyl halides is 1. The van der Waals surface area contributed by atoms with Crippen molar-refractivity contribution < 1.29 is 4.74 Å². The fraction of sp³-hybridized carbons (Fsp3) is 1.00. The molecule has 13 heavy (non-hydrogen) atoms. The van der Waals surface area contributed by atoms with Crippen molar-refractivity contribution >= 4 is 15.9 Å². The van der Waals surface area contributed by atoms with Crippen LogP contribution in [0.1, 0.15) is 46.0 Å². The first-order chi connectivity index (χ1) is 6.31. The minimum absolute atomic E-state index is 0.649. The zero-order chi connectivity index (χ0) is 9.94. The lowest BCUT2D eigenvalue weighted by Crippen LogP contribution is -2.07. The Morgan fingerprint density at radius 3 is 2.46 bits per heavy atom. The zero-order valence-corrected chi connectivity index (χ0v) is 10.6. The Kier molecular flexibility index (Phi) is 10.9. The molecular weight excluding hydrogens is 228 g/mol. The molecule has 0 radical (unpaired) electrons. The lowest BCUT2D eigenvalue weighted by atomic mass is 10.2. The van der Waals surface area contributed by atoms with Gasteiger partial charge in [-0.15, -0.1) is 0 Å². The maximum Gasteiger partial charge on any atom is 0.0499 e. The van der Waals surface area contributed by atoms with Gasteiger partial charge in [0.15, 0.2) is 0 Å². The number of hydrogen-bond acceptors (Lipinski definition) is 1. The molecule has 0 N–H and O–H groups in total. The lowest BCUT2D eigenvalue weighted by Gasteiger charge is -2.08. The Balaban J connectivity index is 2.91. The largest absolute Gasteiger partial charge is 0.381 e. The van der Waals surface area contributed by atoms with Crippen molar-refractivity contribution in [3.05, 3.63) is 0 Å². The first-order valence-electron chi connectivity index (χ1n) is 5.45. The topological polar surface area (TPSA) is 9.23 Å². The van der Waals surface area contributed by atoms with Crippen molar-refractivity contribution in [2.75, 3.05) is 18.5 Å². The standard InChI is InChI=1S/C11H23BrO/c1-3-4-5-6-7-8-13-10-11(2)9-12/h11H,3-10H2,1-2H3. The van der Waals surface area contributed by atoms with E-state index in [0.717, 1.165) is 18.5 Å². The number of halogens is 1. The van der Waals surface area contributed by atoms with Gasteiger partial charge in [-0.1, -0.05) is 55.5 Å². The fourth-order valence-electron chi connectivity index (χ4n) is 1.14. The summed E-state index contributed by atoms with van der Waals surface area (Å²) in [6, 6.07) is 0.